The van der Waals surface area contributed by atoms with Crippen LogP contribution in [-0.2, 0) is 16.2 Å². The molecule has 1 N–H and O–H groups in total. The third-order valence-electron chi connectivity index (χ3n) is 4.87. The van der Waals surface area contributed by atoms with Gasteiger partial charge in [-0.05, 0) is 68.7 Å². The smallest absolute Gasteiger partial charge is 0.251 e. The Morgan fingerprint density at radius 2 is 1.81 bits per heavy atom. The summed E-state index contributed by atoms with van der Waals surface area (Å²) in [7, 11) is 1.59. The van der Waals surface area contributed by atoms with E-state index in [-0.39, 0.29) is 18.3 Å². The Morgan fingerprint density at radius 3 is 2.41 bits per heavy atom. The van der Waals surface area contributed by atoms with Crippen molar-refractivity contribution in [1.82, 2.24) is 5.32 Å². The molecular formula is C26H30ClNO4. The summed E-state index contributed by atoms with van der Waals surface area (Å²) in [4.78, 5) is 24.9. The molecule has 2 aromatic carbocycles. The summed E-state index contributed by atoms with van der Waals surface area (Å²) in [5.41, 5.74) is 3.35. The number of likely N-dealkylation sites (N-methyl/N-ethyl adjacent to an activating group) is 1. The molecule has 0 saturated heterocycles. The lowest BCUT2D eigenvalue weighted by Gasteiger charge is -2.15. The second kappa shape index (κ2) is 12.1. The first kappa shape index (κ1) is 25.2. The highest BCUT2D eigenvalue weighted by Crippen LogP contribution is 2.28. The Morgan fingerprint density at radius 1 is 1.09 bits per heavy atom. The highest BCUT2D eigenvalue weighted by atomic mass is 35.5. The molecular weight excluding hydrogens is 426 g/mol. The van der Waals surface area contributed by atoms with E-state index in [0.29, 0.717) is 46.2 Å². The molecule has 1 amide bonds. The van der Waals surface area contributed by atoms with Crippen LogP contribution in [0.1, 0.15) is 43.9 Å². The van der Waals surface area contributed by atoms with Gasteiger partial charge in [0.1, 0.15) is 18.1 Å². The third kappa shape index (κ3) is 6.72. The topological polar surface area (TPSA) is 64.6 Å². The van der Waals surface area contributed by atoms with E-state index in [2.05, 4.69) is 5.32 Å². The highest BCUT2D eigenvalue weighted by molar-refractivity contribution is 6.31. The van der Waals surface area contributed by atoms with Crippen LogP contribution in [0, 0.1) is 6.92 Å². The van der Waals surface area contributed by atoms with Crippen LogP contribution in [0.2, 0.25) is 5.02 Å². The van der Waals surface area contributed by atoms with Gasteiger partial charge in [0, 0.05) is 23.3 Å². The molecule has 32 heavy (non-hydrogen) atoms. The monoisotopic (exact) mass is 455 g/mol. The van der Waals surface area contributed by atoms with E-state index in [4.69, 9.17) is 21.1 Å². The summed E-state index contributed by atoms with van der Waals surface area (Å²) >= 11 is 6.31. The average molecular weight is 456 g/mol. The van der Waals surface area contributed by atoms with E-state index in [0.717, 1.165) is 11.1 Å². The maximum atomic E-state index is 12.9. The van der Waals surface area contributed by atoms with Gasteiger partial charge in [0.15, 0.2) is 5.78 Å². The fraction of sp³-hybridized carbons (Fsp3) is 0.308. The Hall–Kier alpha value is -3.05. The lowest BCUT2D eigenvalue weighted by molar-refractivity contribution is -0.115. The largest absolute Gasteiger partial charge is 0.497 e. The van der Waals surface area contributed by atoms with Crippen LogP contribution in [0.4, 0.5) is 0 Å². The minimum Gasteiger partial charge on any atom is -0.497 e. The molecule has 0 bridgehead atoms. The van der Waals surface area contributed by atoms with Crippen LogP contribution in [0.5, 0.6) is 11.5 Å². The Kier molecular flexibility index (Phi) is 9.54. The van der Waals surface area contributed by atoms with E-state index in [1.165, 1.54) is 6.92 Å². The van der Waals surface area contributed by atoms with E-state index >= 15 is 0 Å². The number of benzene rings is 2. The number of nitrogens with one attached hydrogen (secondary N) is 1. The Bertz CT molecular complexity index is 1040. The van der Waals surface area contributed by atoms with E-state index in [1.54, 1.807) is 19.3 Å². The summed E-state index contributed by atoms with van der Waals surface area (Å²) in [5, 5.41) is 3.39. The molecule has 0 saturated carbocycles. The van der Waals surface area contributed by atoms with Crippen molar-refractivity contribution in [1.29, 1.82) is 0 Å². The number of methoxy groups -OCH3 is 1. The van der Waals surface area contributed by atoms with Crippen LogP contribution >= 0.6 is 11.6 Å². The number of carbonyl (C=O) groups excluding carboxylic acids is 2. The van der Waals surface area contributed by atoms with Gasteiger partial charge < -0.3 is 14.8 Å². The molecule has 0 heterocycles. The van der Waals surface area contributed by atoms with Crippen molar-refractivity contribution in [2.24, 2.45) is 0 Å². The van der Waals surface area contributed by atoms with Crippen LogP contribution in [0.25, 0.3) is 5.57 Å². The van der Waals surface area contributed by atoms with Crippen molar-refractivity contribution in [3.63, 3.8) is 0 Å². The SMILES string of the molecule is CC/C=C(/C=C(/C(=O)NCC)c1cc(OCc2ccc(OC)cc2Cl)ccc1C)C(C)=O. The van der Waals surface area contributed by atoms with Gasteiger partial charge in [0.25, 0.3) is 5.91 Å². The molecule has 0 atom stereocenters. The second-order valence-corrected chi connectivity index (χ2v) is 7.67. The van der Waals surface area contributed by atoms with Gasteiger partial charge in [0.05, 0.1) is 12.1 Å². The number of aryl methyl sites for hydroxylation is 1. The lowest BCUT2D eigenvalue weighted by atomic mass is 9.96. The number of hydrogen-bond donors (Lipinski definition) is 1. The standard InChI is InChI=1S/C26H30ClNO4/c1-6-8-19(18(4)29)13-24(26(30)28-7-2)23-14-22(11-9-17(23)3)32-16-20-10-12-21(31-5)15-25(20)27/h8-15H,6-7,16H2,1-5H3,(H,28,30)/b19-8-,24-13+. The molecule has 5 nitrogen and oxygen atoms in total. The zero-order chi connectivity index (χ0) is 23.7. The van der Waals surface area contributed by atoms with Crippen LogP contribution < -0.4 is 14.8 Å². The molecule has 0 fully saturated rings. The first-order chi connectivity index (χ1) is 15.3. The summed E-state index contributed by atoms with van der Waals surface area (Å²) in [6, 6.07) is 11.0. The minimum absolute atomic E-state index is 0.0900. The number of Topliss-reactive ketones (excluding diaryl/α,β-unsaturated/α-hetero) is 1. The molecule has 0 unspecified atom stereocenters. The molecule has 0 aliphatic rings. The number of rotatable bonds is 10. The van der Waals surface area contributed by atoms with Crippen molar-refractivity contribution in [2.45, 2.75) is 40.7 Å². The van der Waals surface area contributed by atoms with Gasteiger partial charge in [-0.15, -0.1) is 0 Å². The Balaban J connectivity index is 2.41. The Labute approximate surface area is 195 Å². The minimum atomic E-state index is -0.241. The molecule has 0 radical (unpaired) electrons. The molecule has 0 aromatic heterocycles. The number of amides is 1. The second-order valence-electron chi connectivity index (χ2n) is 7.26. The zero-order valence-electron chi connectivity index (χ0n) is 19.3. The number of carbonyl (C=O) groups is 2. The number of hydrogen-bond acceptors (Lipinski definition) is 4. The van der Waals surface area contributed by atoms with E-state index in [9.17, 15) is 9.59 Å². The molecule has 0 aliphatic carbocycles. The van der Waals surface area contributed by atoms with E-state index in [1.807, 2.05) is 57.2 Å². The van der Waals surface area contributed by atoms with Gasteiger partial charge in [-0.25, -0.2) is 0 Å². The third-order valence-corrected chi connectivity index (χ3v) is 5.22. The average Bonchev–Trinajstić information content (AvgIpc) is 2.76. The number of ether oxygens (including phenoxy) is 2. The van der Waals surface area contributed by atoms with Crippen LogP contribution in [0.3, 0.4) is 0 Å². The summed E-state index contributed by atoms with van der Waals surface area (Å²) in [6.07, 6.45) is 4.17. The van der Waals surface area contributed by atoms with Gasteiger partial charge in [-0.2, -0.15) is 0 Å². The van der Waals surface area contributed by atoms with Crippen molar-refractivity contribution in [2.75, 3.05) is 13.7 Å². The highest BCUT2D eigenvalue weighted by Gasteiger charge is 2.17. The van der Waals surface area contributed by atoms with Gasteiger partial charge in [-0.3, -0.25) is 9.59 Å². The fourth-order valence-electron chi connectivity index (χ4n) is 3.12. The van der Waals surface area contributed by atoms with Gasteiger partial charge >= 0.3 is 0 Å². The first-order valence-corrected chi connectivity index (χ1v) is 11.0. The molecule has 2 aromatic rings. The van der Waals surface area contributed by atoms with Crippen molar-refractivity contribution in [3.8, 4) is 11.5 Å². The van der Waals surface area contributed by atoms with Crippen LogP contribution in [0.15, 0.2) is 54.1 Å². The predicted molar refractivity (Wildman–Crippen MR) is 129 cm³/mol. The fourth-order valence-corrected chi connectivity index (χ4v) is 3.34. The lowest BCUT2D eigenvalue weighted by Crippen LogP contribution is -2.24. The predicted octanol–water partition coefficient (Wildman–Crippen LogP) is 5.68. The summed E-state index contributed by atoms with van der Waals surface area (Å²) in [5.74, 6) is 0.938. The number of halogens is 1. The number of ketones is 1. The van der Waals surface area contributed by atoms with Crippen molar-refractivity contribution < 1.29 is 19.1 Å². The molecule has 6 heteroatoms. The first-order valence-electron chi connectivity index (χ1n) is 10.6. The number of allylic oxidation sites excluding steroid dienone is 3. The quantitative estimate of drug-likeness (QED) is 0.369. The maximum Gasteiger partial charge on any atom is 0.251 e. The maximum absolute atomic E-state index is 12.9. The van der Waals surface area contributed by atoms with Crippen molar-refractivity contribution in [3.05, 3.63) is 75.8 Å². The molecule has 0 spiro atoms. The van der Waals surface area contributed by atoms with E-state index < -0.39 is 0 Å². The normalized spacial score (nSPS) is 11.8. The zero-order valence-corrected chi connectivity index (χ0v) is 20.0. The van der Waals surface area contributed by atoms with Gasteiger partial charge in [-0.1, -0.05) is 36.7 Å². The van der Waals surface area contributed by atoms with Crippen molar-refractivity contribution >= 4 is 28.9 Å². The van der Waals surface area contributed by atoms with Gasteiger partial charge in [0.2, 0.25) is 0 Å². The van der Waals surface area contributed by atoms with Crippen LogP contribution in [-0.4, -0.2) is 25.3 Å². The summed E-state index contributed by atoms with van der Waals surface area (Å²) < 4.78 is 11.1. The molecule has 2 rings (SSSR count). The molecule has 0 aliphatic heterocycles. The summed E-state index contributed by atoms with van der Waals surface area (Å²) in [6.45, 7) is 7.97. The molecule has 170 valence electrons.